The van der Waals surface area contributed by atoms with Crippen molar-refractivity contribution >= 4 is 21.7 Å². The predicted octanol–water partition coefficient (Wildman–Crippen LogP) is 1.97. The third-order valence-electron chi connectivity index (χ3n) is 2.95. The number of ether oxygens (including phenoxy) is 1. The zero-order valence-corrected chi connectivity index (χ0v) is 11.5. The first-order valence-electron chi connectivity index (χ1n) is 5.17. The Morgan fingerprint density at radius 3 is 2.38 bits per heavy atom. The van der Waals surface area contributed by atoms with Crippen molar-refractivity contribution in [1.82, 2.24) is 15.0 Å². The van der Waals surface area contributed by atoms with E-state index in [9.17, 15) is 4.79 Å². The maximum absolute atomic E-state index is 12.4. The summed E-state index contributed by atoms with van der Waals surface area (Å²) in [7, 11) is 3.25. The van der Waals surface area contributed by atoms with Gasteiger partial charge in [0.2, 0.25) is 5.78 Å². The summed E-state index contributed by atoms with van der Waals surface area (Å²) in [5, 5.41) is 7.60. The zero-order chi connectivity index (χ0) is 12.3. The van der Waals surface area contributed by atoms with Crippen LogP contribution in [-0.4, -0.2) is 33.5 Å². The molecule has 0 saturated heterocycles. The highest BCUT2D eigenvalue weighted by Crippen LogP contribution is 2.27. The minimum absolute atomic E-state index is 0.0839. The lowest BCUT2D eigenvalue weighted by Gasteiger charge is -2.28. The molecule has 0 aromatic carbocycles. The molecule has 6 heteroatoms. The van der Waals surface area contributed by atoms with Crippen molar-refractivity contribution in [2.45, 2.75) is 32.3 Å². The first kappa shape index (κ1) is 13.3. The smallest absolute Gasteiger partial charge is 0.215 e. The monoisotopic (exact) mass is 289 g/mol. The number of carbonyl (C=O) groups excluding carboxylic acids is 1. The summed E-state index contributed by atoms with van der Waals surface area (Å²) in [5.74, 6) is -0.0839. The predicted molar refractivity (Wildman–Crippen MR) is 63.4 cm³/mol. The van der Waals surface area contributed by atoms with E-state index in [0.29, 0.717) is 23.1 Å². The number of rotatable bonds is 5. The maximum atomic E-state index is 12.4. The molecule has 0 spiro atoms. The Bertz CT molecular complexity index is 358. The van der Waals surface area contributed by atoms with Crippen LogP contribution in [0.5, 0.6) is 0 Å². The summed E-state index contributed by atoms with van der Waals surface area (Å²) < 4.78 is 7.32. The average molecular weight is 290 g/mol. The van der Waals surface area contributed by atoms with Gasteiger partial charge >= 0.3 is 0 Å². The molecular formula is C10H16BrN3O2. The number of nitrogens with zero attached hydrogens (tertiary/aromatic N) is 3. The lowest BCUT2D eigenvalue weighted by atomic mass is 9.90. The van der Waals surface area contributed by atoms with Gasteiger partial charge in [0.05, 0.1) is 0 Å². The van der Waals surface area contributed by atoms with Crippen molar-refractivity contribution in [1.29, 1.82) is 0 Å². The van der Waals surface area contributed by atoms with Crippen LogP contribution >= 0.6 is 15.9 Å². The van der Waals surface area contributed by atoms with Gasteiger partial charge in [-0.15, -0.1) is 5.10 Å². The quantitative estimate of drug-likeness (QED) is 0.778. The van der Waals surface area contributed by atoms with Crippen LogP contribution in [0, 0.1) is 0 Å². The normalized spacial score (nSPS) is 11.8. The number of ketones is 1. The molecule has 0 bridgehead atoms. The molecule has 0 N–H and O–H groups in total. The van der Waals surface area contributed by atoms with Gasteiger partial charge in [-0.3, -0.25) is 4.79 Å². The number of methoxy groups -OCH3 is 1. The molecular weight excluding hydrogens is 274 g/mol. The summed E-state index contributed by atoms with van der Waals surface area (Å²) >= 11 is 3.23. The van der Waals surface area contributed by atoms with Crippen LogP contribution in [0.3, 0.4) is 0 Å². The average Bonchev–Trinajstić information content (AvgIpc) is 2.61. The maximum Gasteiger partial charge on any atom is 0.215 e. The summed E-state index contributed by atoms with van der Waals surface area (Å²) in [6.07, 6.45) is 1.24. The van der Waals surface area contributed by atoms with Gasteiger partial charge in [-0.1, -0.05) is 19.1 Å². The minimum atomic E-state index is -0.780. The van der Waals surface area contributed by atoms with Gasteiger partial charge in [0.15, 0.2) is 4.60 Å². The van der Waals surface area contributed by atoms with Gasteiger partial charge in [-0.2, -0.15) is 0 Å². The molecule has 0 saturated carbocycles. The minimum Gasteiger partial charge on any atom is -0.370 e. The van der Waals surface area contributed by atoms with E-state index in [4.69, 9.17) is 4.74 Å². The SMILES string of the molecule is CCC(CC)(OC)C(=O)c1c(Br)nnn1C. The summed E-state index contributed by atoms with van der Waals surface area (Å²) in [6, 6.07) is 0. The van der Waals surface area contributed by atoms with Crippen LogP contribution in [0.1, 0.15) is 37.2 Å². The van der Waals surface area contributed by atoms with Crippen LogP contribution < -0.4 is 0 Å². The Labute approximate surface area is 103 Å². The molecule has 0 aliphatic carbocycles. The van der Waals surface area contributed by atoms with Gasteiger partial charge in [0, 0.05) is 14.2 Å². The second-order valence-corrected chi connectivity index (χ2v) is 4.34. The van der Waals surface area contributed by atoms with E-state index in [2.05, 4.69) is 26.2 Å². The van der Waals surface area contributed by atoms with Gasteiger partial charge in [0.1, 0.15) is 11.3 Å². The summed E-state index contributed by atoms with van der Waals surface area (Å²) in [4.78, 5) is 12.4. The van der Waals surface area contributed by atoms with E-state index >= 15 is 0 Å². The number of carbonyl (C=O) groups is 1. The molecule has 1 heterocycles. The lowest BCUT2D eigenvalue weighted by Crippen LogP contribution is -2.40. The van der Waals surface area contributed by atoms with Crippen LogP contribution in [0.4, 0.5) is 0 Å². The van der Waals surface area contributed by atoms with Crippen molar-refractivity contribution < 1.29 is 9.53 Å². The van der Waals surface area contributed by atoms with Gasteiger partial charge in [-0.05, 0) is 28.8 Å². The Morgan fingerprint density at radius 2 is 2.06 bits per heavy atom. The summed E-state index contributed by atoms with van der Waals surface area (Å²) in [6.45, 7) is 3.87. The molecule has 5 nitrogen and oxygen atoms in total. The van der Waals surface area contributed by atoms with E-state index in [-0.39, 0.29) is 5.78 Å². The first-order chi connectivity index (χ1) is 7.52. The highest BCUT2D eigenvalue weighted by Gasteiger charge is 2.38. The van der Waals surface area contributed by atoms with Crippen LogP contribution in [0.15, 0.2) is 4.60 Å². The molecule has 0 atom stereocenters. The Morgan fingerprint density at radius 1 is 1.50 bits per heavy atom. The number of hydrogen-bond donors (Lipinski definition) is 0. The molecule has 1 aromatic heterocycles. The van der Waals surface area contributed by atoms with Crippen LogP contribution in [0.25, 0.3) is 0 Å². The lowest BCUT2D eigenvalue weighted by molar-refractivity contribution is -0.00343. The number of Topliss-reactive ketones (excluding diaryl/α,β-unsaturated/α-hetero) is 1. The van der Waals surface area contributed by atoms with Crippen molar-refractivity contribution in [2.75, 3.05) is 7.11 Å². The molecule has 0 amide bonds. The number of hydrogen-bond acceptors (Lipinski definition) is 4. The van der Waals surface area contributed by atoms with E-state index in [1.165, 1.54) is 4.68 Å². The van der Waals surface area contributed by atoms with Gasteiger partial charge in [-0.25, -0.2) is 4.68 Å². The molecule has 1 aromatic rings. The molecule has 0 fully saturated rings. The largest absolute Gasteiger partial charge is 0.370 e. The second-order valence-electron chi connectivity index (χ2n) is 3.59. The topological polar surface area (TPSA) is 57.0 Å². The summed E-state index contributed by atoms with van der Waals surface area (Å²) in [5.41, 5.74) is -0.330. The number of aromatic nitrogens is 3. The number of aryl methyl sites for hydroxylation is 1. The van der Waals surface area contributed by atoms with E-state index in [1.807, 2.05) is 13.8 Å². The van der Waals surface area contributed by atoms with Crippen molar-refractivity contribution in [3.05, 3.63) is 10.3 Å². The second kappa shape index (κ2) is 5.05. The molecule has 0 aliphatic heterocycles. The first-order valence-corrected chi connectivity index (χ1v) is 5.96. The fourth-order valence-electron chi connectivity index (χ4n) is 1.74. The van der Waals surface area contributed by atoms with Gasteiger partial charge in [0.25, 0.3) is 0 Å². The van der Waals surface area contributed by atoms with E-state index in [1.54, 1.807) is 14.2 Å². The number of halogens is 1. The molecule has 90 valence electrons. The van der Waals surface area contributed by atoms with Crippen molar-refractivity contribution in [3.8, 4) is 0 Å². The Hall–Kier alpha value is -0.750. The Kier molecular flexibility index (Phi) is 4.21. The molecule has 0 aliphatic rings. The fraction of sp³-hybridized carbons (Fsp3) is 0.700. The molecule has 0 radical (unpaired) electrons. The standard InChI is InChI=1S/C10H16BrN3O2/c1-5-10(6-2,16-4)8(15)7-9(11)12-13-14(7)3/h5-6H2,1-4H3. The molecule has 16 heavy (non-hydrogen) atoms. The van der Waals surface area contributed by atoms with Crippen molar-refractivity contribution in [3.63, 3.8) is 0 Å². The van der Waals surface area contributed by atoms with Crippen LogP contribution in [0.2, 0.25) is 0 Å². The zero-order valence-electron chi connectivity index (χ0n) is 9.95. The van der Waals surface area contributed by atoms with E-state index in [0.717, 1.165) is 0 Å². The van der Waals surface area contributed by atoms with Gasteiger partial charge < -0.3 is 4.74 Å². The van der Waals surface area contributed by atoms with E-state index < -0.39 is 5.60 Å². The molecule has 1 rings (SSSR count). The third kappa shape index (κ3) is 2.04. The van der Waals surface area contributed by atoms with Crippen molar-refractivity contribution in [2.24, 2.45) is 7.05 Å². The fourth-order valence-corrected chi connectivity index (χ4v) is 2.25. The third-order valence-corrected chi connectivity index (χ3v) is 3.48. The highest BCUT2D eigenvalue weighted by atomic mass is 79.9. The molecule has 0 unspecified atom stereocenters. The Balaban J connectivity index is 3.19. The van der Waals surface area contributed by atoms with Crippen LogP contribution in [-0.2, 0) is 11.8 Å². The highest BCUT2D eigenvalue weighted by molar-refractivity contribution is 9.10.